The minimum atomic E-state index is -0.459. The van der Waals surface area contributed by atoms with Crippen LogP contribution in [0.5, 0.6) is 11.6 Å². The van der Waals surface area contributed by atoms with Gasteiger partial charge in [-0.05, 0) is 31.7 Å². The molecular formula is C14H15N3O3. The molecule has 1 N–H and O–H groups in total. The Labute approximate surface area is 116 Å². The second-order valence-corrected chi connectivity index (χ2v) is 4.29. The van der Waals surface area contributed by atoms with Crippen LogP contribution in [0, 0.1) is 10.1 Å². The predicted molar refractivity (Wildman–Crippen MR) is 74.9 cm³/mol. The number of nitrogens with zero attached hydrogens (tertiary/aromatic N) is 2. The molecule has 1 aromatic heterocycles. The number of ether oxygens (including phenoxy) is 1. The summed E-state index contributed by atoms with van der Waals surface area (Å²) in [5, 5.41) is 13.8. The Balaban J connectivity index is 2.21. The lowest BCUT2D eigenvalue weighted by Gasteiger charge is -2.11. The Morgan fingerprint density at radius 2 is 2.15 bits per heavy atom. The van der Waals surface area contributed by atoms with Gasteiger partial charge in [-0.2, -0.15) is 0 Å². The molecule has 0 saturated heterocycles. The highest BCUT2D eigenvalue weighted by molar-refractivity contribution is 5.39. The van der Waals surface area contributed by atoms with E-state index in [9.17, 15) is 10.1 Å². The van der Waals surface area contributed by atoms with E-state index in [0.29, 0.717) is 11.6 Å². The Bertz CT molecular complexity index is 616. The summed E-state index contributed by atoms with van der Waals surface area (Å²) in [6, 6.07) is 9.89. The van der Waals surface area contributed by atoms with Crippen LogP contribution >= 0.6 is 0 Å². The zero-order valence-electron chi connectivity index (χ0n) is 11.2. The summed E-state index contributed by atoms with van der Waals surface area (Å²) in [5.74, 6) is 0.797. The molecular weight excluding hydrogens is 258 g/mol. The highest BCUT2D eigenvalue weighted by Gasteiger charge is 2.09. The summed E-state index contributed by atoms with van der Waals surface area (Å²) in [7, 11) is 1.87. The van der Waals surface area contributed by atoms with E-state index in [0.717, 1.165) is 5.56 Å². The van der Waals surface area contributed by atoms with Gasteiger partial charge in [0.15, 0.2) is 0 Å². The van der Waals surface area contributed by atoms with Crippen LogP contribution in [-0.2, 0) is 0 Å². The van der Waals surface area contributed by atoms with Gasteiger partial charge in [-0.15, -0.1) is 0 Å². The average molecular weight is 273 g/mol. The fourth-order valence-electron chi connectivity index (χ4n) is 1.70. The number of nitro groups is 1. The number of hydrogen-bond acceptors (Lipinski definition) is 5. The third-order valence-electron chi connectivity index (χ3n) is 2.94. The van der Waals surface area contributed by atoms with Crippen molar-refractivity contribution in [2.75, 3.05) is 7.05 Å². The van der Waals surface area contributed by atoms with E-state index in [-0.39, 0.29) is 11.7 Å². The molecule has 0 aliphatic heterocycles. The molecule has 20 heavy (non-hydrogen) atoms. The summed E-state index contributed by atoms with van der Waals surface area (Å²) in [6.07, 6.45) is 1.65. The van der Waals surface area contributed by atoms with Crippen molar-refractivity contribution in [2.24, 2.45) is 0 Å². The second-order valence-electron chi connectivity index (χ2n) is 4.29. The first kappa shape index (κ1) is 14.0. The van der Waals surface area contributed by atoms with Gasteiger partial charge in [0, 0.05) is 24.4 Å². The number of pyridine rings is 1. The average Bonchev–Trinajstić information content (AvgIpc) is 2.47. The molecule has 0 amide bonds. The summed E-state index contributed by atoms with van der Waals surface area (Å²) < 4.78 is 5.56. The van der Waals surface area contributed by atoms with Gasteiger partial charge in [0.2, 0.25) is 5.88 Å². The van der Waals surface area contributed by atoms with Crippen LogP contribution in [0.15, 0.2) is 42.6 Å². The van der Waals surface area contributed by atoms with Gasteiger partial charge in [0.1, 0.15) is 5.75 Å². The van der Waals surface area contributed by atoms with E-state index in [2.05, 4.69) is 10.3 Å². The van der Waals surface area contributed by atoms with E-state index in [1.807, 2.05) is 20.0 Å². The van der Waals surface area contributed by atoms with E-state index in [1.165, 1.54) is 12.1 Å². The molecule has 0 saturated carbocycles. The summed E-state index contributed by atoms with van der Waals surface area (Å²) in [6.45, 7) is 2.02. The van der Waals surface area contributed by atoms with E-state index in [4.69, 9.17) is 4.74 Å². The fraction of sp³-hybridized carbons (Fsp3) is 0.214. The molecule has 1 heterocycles. The molecule has 0 aliphatic rings. The van der Waals surface area contributed by atoms with Crippen molar-refractivity contribution in [1.29, 1.82) is 0 Å². The molecule has 2 aromatic rings. The third-order valence-corrected chi connectivity index (χ3v) is 2.94. The molecule has 1 atom stereocenters. The standard InChI is InChI=1S/C14H15N3O3/c1-10(15-2)11-6-7-16-14(8-11)20-13-5-3-4-12(9-13)17(18)19/h3-10,15H,1-2H3. The van der Waals surface area contributed by atoms with Crippen molar-refractivity contribution < 1.29 is 9.66 Å². The predicted octanol–water partition coefficient (Wildman–Crippen LogP) is 3.06. The Kier molecular flexibility index (Phi) is 4.27. The highest BCUT2D eigenvalue weighted by Crippen LogP contribution is 2.25. The largest absolute Gasteiger partial charge is 0.439 e. The van der Waals surface area contributed by atoms with Crippen LogP contribution in [0.25, 0.3) is 0 Å². The molecule has 6 nitrogen and oxygen atoms in total. The number of benzene rings is 1. The number of non-ortho nitro benzene ring substituents is 1. The quantitative estimate of drug-likeness (QED) is 0.669. The number of nitro benzene ring substituents is 1. The number of aromatic nitrogens is 1. The van der Waals surface area contributed by atoms with Crippen molar-refractivity contribution in [2.45, 2.75) is 13.0 Å². The van der Waals surface area contributed by atoms with Crippen molar-refractivity contribution in [3.63, 3.8) is 0 Å². The minimum absolute atomic E-state index is 0.0118. The minimum Gasteiger partial charge on any atom is -0.439 e. The molecule has 0 radical (unpaired) electrons. The SMILES string of the molecule is CNC(C)c1ccnc(Oc2cccc([N+](=O)[O-])c2)c1. The van der Waals surface area contributed by atoms with Gasteiger partial charge >= 0.3 is 0 Å². The lowest BCUT2D eigenvalue weighted by atomic mass is 10.1. The first-order valence-electron chi connectivity index (χ1n) is 6.15. The smallest absolute Gasteiger partial charge is 0.273 e. The normalized spacial score (nSPS) is 11.9. The van der Waals surface area contributed by atoms with E-state index >= 15 is 0 Å². The van der Waals surface area contributed by atoms with Gasteiger partial charge in [-0.25, -0.2) is 4.98 Å². The maximum atomic E-state index is 10.7. The van der Waals surface area contributed by atoms with Crippen molar-refractivity contribution >= 4 is 5.69 Å². The first-order valence-corrected chi connectivity index (χ1v) is 6.15. The van der Waals surface area contributed by atoms with Gasteiger partial charge in [0.05, 0.1) is 11.0 Å². The van der Waals surface area contributed by atoms with Crippen molar-refractivity contribution in [1.82, 2.24) is 10.3 Å². The molecule has 0 aliphatic carbocycles. The van der Waals surface area contributed by atoms with Crippen LogP contribution in [0.2, 0.25) is 0 Å². The summed E-state index contributed by atoms with van der Waals surface area (Å²) in [4.78, 5) is 14.4. The molecule has 0 bridgehead atoms. The molecule has 0 spiro atoms. The molecule has 1 unspecified atom stereocenters. The zero-order chi connectivity index (χ0) is 14.5. The van der Waals surface area contributed by atoms with Gasteiger partial charge in [-0.1, -0.05) is 6.07 Å². The lowest BCUT2D eigenvalue weighted by Crippen LogP contribution is -2.12. The first-order chi connectivity index (χ1) is 9.60. The van der Waals surface area contributed by atoms with Crippen molar-refractivity contribution in [3.05, 3.63) is 58.3 Å². The maximum absolute atomic E-state index is 10.7. The molecule has 2 rings (SSSR count). The van der Waals surface area contributed by atoms with Crippen LogP contribution in [0.4, 0.5) is 5.69 Å². The van der Waals surface area contributed by atoms with Crippen LogP contribution in [0.3, 0.4) is 0 Å². The Morgan fingerprint density at radius 3 is 2.85 bits per heavy atom. The molecule has 6 heteroatoms. The fourth-order valence-corrected chi connectivity index (χ4v) is 1.70. The second kappa shape index (κ2) is 6.12. The van der Waals surface area contributed by atoms with Crippen molar-refractivity contribution in [3.8, 4) is 11.6 Å². The van der Waals surface area contributed by atoms with Gasteiger partial charge < -0.3 is 10.1 Å². The summed E-state index contributed by atoms with van der Waals surface area (Å²) >= 11 is 0. The summed E-state index contributed by atoms with van der Waals surface area (Å²) in [5.41, 5.74) is 1.02. The Hall–Kier alpha value is -2.47. The number of nitrogens with one attached hydrogen (secondary N) is 1. The van der Waals surface area contributed by atoms with Crippen LogP contribution in [-0.4, -0.2) is 17.0 Å². The highest BCUT2D eigenvalue weighted by atomic mass is 16.6. The monoisotopic (exact) mass is 273 g/mol. The van der Waals surface area contributed by atoms with Crippen LogP contribution < -0.4 is 10.1 Å². The zero-order valence-corrected chi connectivity index (χ0v) is 11.2. The van der Waals surface area contributed by atoms with E-state index < -0.39 is 4.92 Å². The van der Waals surface area contributed by atoms with Crippen LogP contribution in [0.1, 0.15) is 18.5 Å². The maximum Gasteiger partial charge on any atom is 0.273 e. The van der Waals surface area contributed by atoms with E-state index in [1.54, 1.807) is 24.4 Å². The molecule has 1 aromatic carbocycles. The molecule has 104 valence electrons. The van der Waals surface area contributed by atoms with Gasteiger partial charge in [0.25, 0.3) is 5.69 Å². The lowest BCUT2D eigenvalue weighted by molar-refractivity contribution is -0.384. The number of hydrogen-bond donors (Lipinski definition) is 1. The van der Waals surface area contributed by atoms with Gasteiger partial charge in [-0.3, -0.25) is 10.1 Å². The number of rotatable bonds is 5. The Morgan fingerprint density at radius 1 is 1.35 bits per heavy atom. The topological polar surface area (TPSA) is 77.3 Å². The molecule has 0 fully saturated rings. The third kappa shape index (κ3) is 3.30.